The number of nitrogens with two attached hydrogens (primary N) is 1. The van der Waals surface area contributed by atoms with Gasteiger partial charge in [-0.15, -0.1) is 0 Å². The summed E-state index contributed by atoms with van der Waals surface area (Å²) in [5, 5.41) is 0. The SMILES string of the molecule is CCc1cc(-c2cc(C)cc(F)c2)ccc1N. The van der Waals surface area contributed by atoms with E-state index in [4.69, 9.17) is 5.73 Å². The number of halogens is 1. The summed E-state index contributed by atoms with van der Waals surface area (Å²) < 4.78 is 13.4. The summed E-state index contributed by atoms with van der Waals surface area (Å²) in [6, 6.07) is 10.9. The Morgan fingerprint density at radius 3 is 2.47 bits per heavy atom. The van der Waals surface area contributed by atoms with Crippen molar-refractivity contribution in [3.8, 4) is 11.1 Å². The van der Waals surface area contributed by atoms with Crippen molar-refractivity contribution >= 4 is 5.69 Å². The molecule has 0 aromatic heterocycles. The van der Waals surface area contributed by atoms with Crippen molar-refractivity contribution in [2.45, 2.75) is 20.3 Å². The summed E-state index contributed by atoms with van der Waals surface area (Å²) in [5.41, 5.74) is 10.6. The lowest BCUT2D eigenvalue weighted by Gasteiger charge is -2.08. The number of benzene rings is 2. The zero-order chi connectivity index (χ0) is 12.4. The lowest BCUT2D eigenvalue weighted by Crippen LogP contribution is -1.93. The average molecular weight is 229 g/mol. The van der Waals surface area contributed by atoms with Crippen LogP contribution in [0.25, 0.3) is 11.1 Å². The molecule has 2 aromatic carbocycles. The van der Waals surface area contributed by atoms with Crippen LogP contribution in [0.2, 0.25) is 0 Å². The Hall–Kier alpha value is -1.83. The van der Waals surface area contributed by atoms with Gasteiger partial charge in [-0.3, -0.25) is 0 Å². The quantitative estimate of drug-likeness (QED) is 0.775. The predicted octanol–water partition coefficient (Wildman–Crippen LogP) is 3.95. The van der Waals surface area contributed by atoms with Gasteiger partial charge in [0.25, 0.3) is 0 Å². The van der Waals surface area contributed by atoms with Gasteiger partial charge in [-0.25, -0.2) is 4.39 Å². The maximum absolute atomic E-state index is 13.4. The molecule has 2 rings (SSSR count). The summed E-state index contributed by atoms with van der Waals surface area (Å²) >= 11 is 0. The van der Waals surface area contributed by atoms with Gasteiger partial charge in [0, 0.05) is 5.69 Å². The van der Waals surface area contributed by atoms with Crippen molar-refractivity contribution in [3.63, 3.8) is 0 Å². The molecule has 1 nitrogen and oxygen atoms in total. The predicted molar refractivity (Wildman–Crippen MR) is 70.4 cm³/mol. The molecule has 0 bridgehead atoms. The fourth-order valence-electron chi connectivity index (χ4n) is 1.99. The number of hydrogen-bond acceptors (Lipinski definition) is 1. The van der Waals surface area contributed by atoms with Crippen molar-refractivity contribution in [1.82, 2.24) is 0 Å². The molecule has 2 N–H and O–H groups in total. The molecule has 0 fully saturated rings. The van der Waals surface area contributed by atoms with Gasteiger partial charge < -0.3 is 5.73 Å². The van der Waals surface area contributed by atoms with E-state index in [9.17, 15) is 4.39 Å². The summed E-state index contributed by atoms with van der Waals surface area (Å²) in [6.45, 7) is 3.96. The van der Waals surface area contributed by atoms with Crippen LogP contribution in [0.4, 0.5) is 10.1 Å². The van der Waals surface area contributed by atoms with Gasteiger partial charge in [0.15, 0.2) is 0 Å². The minimum atomic E-state index is -0.199. The molecule has 0 amide bonds. The van der Waals surface area contributed by atoms with Crippen LogP contribution in [0.3, 0.4) is 0 Å². The standard InChI is InChI=1S/C15H16FN/c1-3-11-8-12(4-5-15(11)17)13-6-10(2)7-14(16)9-13/h4-9H,3,17H2,1-2H3. The molecule has 0 heterocycles. The number of rotatable bonds is 2. The number of hydrogen-bond donors (Lipinski definition) is 1. The highest BCUT2D eigenvalue weighted by molar-refractivity contribution is 5.68. The molecular weight excluding hydrogens is 213 g/mol. The Kier molecular flexibility index (Phi) is 3.14. The van der Waals surface area contributed by atoms with Crippen molar-refractivity contribution < 1.29 is 4.39 Å². The van der Waals surface area contributed by atoms with Crippen LogP contribution < -0.4 is 5.73 Å². The van der Waals surface area contributed by atoms with Gasteiger partial charge in [0.05, 0.1) is 0 Å². The Morgan fingerprint density at radius 2 is 1.82 bits per heavy atom. The number of aryl methyl sites for hydroxylation is 2. The first kappa shape index (κ1) is 11.6. The monoisotopic (exact) mass is 229 g/mol. The normalized spacial score (nSPS) is 10.5. The van der Waals surface area contributed by atoms with Crippen LogP contribution in [0.15, 0.2) is 36.4 Å². The van der Waals surface area contributed by atoms with E-state index in [0.717, 1.165) is 34.4 Å². The van der Waals surface area contributed by atoms with Crippen LogP contribution in [-0.2, 0) is 6.42 Å². The highest BCUT2D eigenvalue weighted by Gasteiger charge is 2.04. The van der Waals surface area contributed by atoms with Crippen molar-refractivity contribution in [3.05, 3.63) is 53.3 Å². The maximum Gasteiger partial charge on any atom is 0.124 e. The molecule has 2 heteroatoms. The molecule has 17 heavy (non-hydrogen) atoms. The third-order valence-corrected chi connectivity index (χ3v) is 2.90. The van der Waals surface area contributed by atoms with Crippen LogP contribution in [0, 0.1) is 12.7 Å². The van der Waals surface area contributed by atoms with E-state index in [1.54, 1.807) is 6.07 Å². The Bertz CT molecular complexity index is 526. The van der Waals surface area contributed by atoms with Gasteiger partial charge in [-0.1, -0.05) is 19.1 Å². The van der Waals surface area contributed by atoms with Crippen LogP contribution in [0.1, 0.15) is 18.1 Å². The second-order valence-corrected chi connectivity index (χ2v) is 4.28. The highest BCUT2D eigenvalue weighted by Crippen LogP contribution is 2.25. The second-order valence-electron chi connectivity index (χ2n) is 4.28. The van der Waals surface area contributed by atoms with Gasteiger partial charge in [-0.05, 0) is 59.9 Å². The van der Waals surface area contributed by atoms with E-state index in [1.807, 2.05) is 31.2 Å². The Morgan fingerprint density at radius 1 is 1.06 bits per heavy atom. The molecule has 0 saturated heterocycles. The zero-order valence-corrected chi connectivity index (χ0v) is 10.1. The van der Waals surface area contributed by atoms with Crippen LogP contribution in [0.5, 0.6) is 0 Å². The molecule has 0 spiro atoms. The molecule has 0 saturated carbocycles. The number of nitrogen functional groups attached to an aromatic ring is 1. The minimum absolute atomic E-state index is 0.199. The first-order chi connectivity index (χ1) is 8.10. The topological polar surface area (TPSA) is 26.0 Å². The highest BCUT2D eigenvalue weighted by atomic mass is 19.1. The van der Waals surface area contributed by atoms with E-state index < -0.39 is 0 Å². The van der Waals surface area contributed by atoms with Crippen molar-refractivity contribution in [2.24, 2.45) is 0 Å². The Labute approximate surface area is 101 Å². The first-order valence-electron chi connectivity index (χ1n) is 5.76. The van der Waals surface area contributed by atoms with Crippen molar-refractivity contribution in [1.29, 1.82) is 0 Å². The largest absolute Gasteiger partial charge is 0.399 e. The third kappa shape index (κ3) is 2.47. The molecule has 0 radical (unpaired) electrons. The van der Waals surface area contributed by atoms with Crippen LogP contribution >= 0.6 is 0 Å². The minimum Gasteiger partial charge on any atom is -0.399 e. The molecule has 0 aliphatic carbocycles. The first-order valence-corrected chi connectivity index (χ1v) is 5.76. The van der Waals surface area contributed by atoms with E-state index in [0.29, 0.717) is 0 Å². The molecule has 0 aliphatic heterocycles. The molecule has 0 aliphatic rings. The molecule has 0 atom stereocenters. The van der Waals surface area contributed by atoms with E-state index in [2.05, 4.69) is 6.92 Å². The zero-order valence-electron chi connectivity index (χ0n) is 10.1. The smallest absolute Gasteiger partial charge is 0.124 e. The van der Waals surface area contributed by atoms with Gasteiger partial charge in [0.1, 0.15) is 5.82 Å². The summed E-state index contributed by atoms with van der Waals surface area (Å²) in [7, 11) is 0. The third-order valence-electron chi connectivity index (χ3n) is 2.90. The fourth-order valence-corrected chi connectivity index (χ4v) is 1.99. The van der Waals surface area contributed by atoms with Crippen molar-refractivity contribution in [2.75, 3.05) is 5.73 Å². The Balaban J connectivity index is 2.52. The van der Waals surface area contributed by atoms with E-state index in [-0.39, 0.29) is 5.82 Å². The lowest BCUT2D eigenvalue weighted by molar-refractivity contribution is 0.627. The maximum atomic E-state index is 13.4. The molecular formula is C15H16FN. The molecule has 0 unspecified atom stereocenters. The average Bonchev–Trinajstić information content (AvgIpc) is 2.28. The van der Waals surface area contributed by atoms with Gasteiger partial charge in [-0.2, -0.15) is 0 Å². The van der Waals surface area contributed by atoms with Crippen LogP contribution in [-0.4, -0.2) is 0 Å². The van der Waals surface area contributed by atoms with E-state index >= 15 is 0 Å². The van der Waals surface area contributed by atoms with E-state index in [1.165, 1.54) is 6.07 Å². The fraction of sp³-hybridized carbons (Fsp3) is 0.200. The lowest BCUT2D eigenvalue weighted by atomic mass is 9.99. The summed E-state index contributed by atoms with van der Waals surface area (Å²) in [5.74, 6) is -0.199. The summed E-state index contributed by atoms with van der Waals surface area (Å²) in [6.07, 6.45) is 0.883. The van der Waals surface area contributed by atoms with Gasteiger partial charge >= 0.3 is 0 Å². The molecule has 88 valence electrons. The van der Waals surface area contributed by atoms with Gasteiger partial charge in [0.2, 0.25) is 0 Å². The summed E-state index contributed by atoms with van der Waals surface area (Å²) in [4.78, 5) is 0. The second kappa shape index (κ2) is 4.58. The molecule has 2 aromatic rings. The number of anilines is 1.